The molecule has 1 aliphatic rings. The Balaban J connectivity index is 2.02. The number of likely N-dealkylation sites (N-methyl/N-ethyl adjacent to an activating group) is 1. The molecule has 104 valence electrons. The van der Waals surface area contributed by atoms with Crippen LogP contribution in [0.1, 0.15) is 30.1 Å². The summed E-state index contributed by atoms with van der Waals surface area (Å²) in [4.78, 5) is 14.6. The monoisotopic (exact) mass is 325 g/mol. The standard InChI is InChI=1S/C14H20BrN3O/c1-2-18-7-3-4-11(9-18)17-14(19)12-8-10(16)5-6-13(12)15/h5-6,8,11H,2-4,7,9,16H2,1H3,(H,17,19). The summed E-state index contributed by atoms with van der Waals surface area (Å²) in [6, 6.07) is 5.53. The van der Waals surface area contributed by atoms with Crippen LogP contribution in [0.15, 0.2) is 22.7 Å². The van der Waals surface area contributed by atoms with Crippen LogP contribution in [0.25, 0.3) is 0 Å². The highest BCUT2D eigenvalue weighted by Gasteiger charge is 2.21. The van der Waals surface area contributed by atoms with E-state index in [2.05, 4.69) is 33.1 Å². The van der Waals surface area contributed by atoms with E-state index in [0.29, 0.717) is 11.3 Å². The smallest absolute Gasteiger partial charge is 0.252 e. The Morgan fingerprint density at radius 2 is 2.37 bits per heavy atom. The Kier molecular flexibility index (Phi) is 4.82. The van der Waals surface area contributed by atoms with Gasteiger partial charge in [0.1, 0.15) is 0 Å². The third kappa shape index (κ3) is 3.70. The van der Waals surface area contributed by atoms with E-state index in [1.807, 2.05) is 6.07 Å². The van der Waals surface area contributed by atoms with Crippen molar-refractivity contribution in [3.8, 4) is 0 Å². The van der Waals surface area contributed by atoms with Crippen molar-refractivity contribution in [1.29, 1.82) is 0 Å². The molecule has 1 aliphatic heterocycles. The number of piperidine rings is 1. The zero-order chi connectivity index (χ0) is 13.8. The molecule has 3 N–H and O–H groups in total. The maximum atomic E-state index is 12.3. The third-order valence-electron chi connectivity index (χ3n) is 3.52. The number of nitrogen functional groups attached to an aromatic ring is 1. The molecule has 1 aromatic carbocycles. The molecular weight excluding hydrogens is 306 g/mol. The molecule has 0 bridgehead atoms. The Morgan fingerprint density at radius 3 is 3.11 bits per heavy atom. The number of amides is 1. The second-order valence-electron chi connectivity index (χ2n) is 4.95. The number of benzene rings is 1. The zero-order valence-corrected chi connectivity index (χ0v) is 12.7. The second kappa shape index (κ2) is 6.39. The summed E-state index contributed by atoms with van der Waals surface area (Å²) in [6.07, 6.45) is 2.18. The number of carbonyl (C=O) groups excluding carboxylic acids is 1. The molecule has 5 heteroatoms. The number of halogens is 1. The lowest BCUT2D eigenvalue weighted by atomic mass is 10.0. The van der Waals surface area contributed by atoms with Gasteiger partial charge in [-0.05, 0) is 60.1 Å². The minimum absolute atomic E-state index is 0.0536. The minimum Gasteiger partial charge on any atom is -0.399 e. The molecule has 0 radical (unpaired) electrons. The summed E-state index contributed by atoms with van der Waals surface area (Å²) >= 11 is 3.39. The van der Waals surface area contributed by atoms with Crippen LogP contribution in [-0.4, -0.2) is 36.5 Å². The first-order chi connectivity index (χ1) is 9.10. The quantitative estimate of drug-likeness (QED) is 0.838. The molecule has 19 heavy (non-hydrogen) atoms. The highest BCUT2D eigenvalue weighted by Crippen LogP contribution is 2.20. The molecule has 0 aromatic heterocycles. The Labute approximate surface area is 122 Å². The van der Waals surface area contributed by atoms with Gasteiger partial charge in [-0.25, -0.2) is 0 Å². The number of nitrogens with two attached hydrogens (primary N) is 1. The molecule has 0 spiro atoms. The van der Waals surface area contributed by atoms with Gasteiger partial charge in [0.05, 0.1) is 5.56 Å². The van der Waals surface area contributed by atoms with Crippen molar-refractivity contribution in [1.82, 2.24) is 10.2 Å². The van der Waals surface area contributed by atoms with Gasteiger partial charge < -0.3 is 16.0 Å². The Morgan fingerprint density at radius 1 is 1.58 bits per heavy atom. The molecule has 1 heterocycles. The fraction of sp³-hybridized carbons (Fsp3) is 0.500. The lowest BCUT2D eigenvalue weighted by Gasteiger charge is -2.32. The van der Waals surface area contributed by atoms with Crippen molar-refractivity contribution in [3.63, 3.8) is 0 Å². The highest BCUT2D eigenvalue weighted by molar-refractivity contribution is 9.10. The summed E-state index contributed by atoms with van der Waals surface area (Å²) in [7, 11) is 0. The molecule has 1 atom stereocenters. The van der Waals surface area contributed by atoms with Gasteiger partial charge in [0.2, 0.25) is 0 Å². The molecule has 1 fully saturated rings. The fourth-order valence-electron chi connectivity index (χ4n) is 2.44. The number of anilines is 1. The molecule has 1 amide bonds. The van der Waals surface area contributed by atoms with Crippen molar-refractivity contribution in [2.75, 3.05) is 25.4 Å². The van der Waals surface area contributed by atoms with Crippen LogP contribution >= 0.6 is 15.9 Å². The van der Waals surface area contributed by atoms with Gasteiger partial charge >= 0.3 is 0 Å². The number of nitrogens with one attached hydrogen (secondary N) is 1. The number of rotatable bonds is 3. The maximum Gasteiger partial charge on any atom is 0.252 e. The first kappa shape index (κ1) is 14.3. The first-order valence-corrected chi connectivity index (χ1v) is 7.47. The van der Waals surface area contributed by atoms with E-state index in [1.165, 1.54) is 0 Å². The normalized spacial score (nSPS) is 20.2. The fourth-order valence-corrected chi connectivity index (χ4v) is 2.87. The van der Waals surface area contributed by atoms with E-state index in [9.17, 15) is 4.79 Å². The highest BCUT2D eigenvalue weighted by atomic mass is 79.9. The van der Waals surface area contributed by atoms with E-state index in [0.717, 1.165) is 36.9 Å². The van der Waals surface area contributed by atoms with Crippen LogP contribution in [0.5, 0.6) is 0 Å². The van der Waals surface area contributed by atoms with Crippen LogP contribution in [0, 0.1) is 0 Å². The summed E-state index contributed by atoms with van der Waals surface area (Å²) < 4.78 is 0.780. The number of hydrogen-bond acceptors (Lipinski definition) is 3. The van der Waals surface area contributed by atoms with Gasteiger partial charge in [-0.1, -0.05) is 6.92 Å². The van der Waals surface area contributed by atoms with Crippen LogP contribution < -0.4 is 11.1 Å². The average molecular weight is 326 g/mol. The predicted molar refractivity (Wildman–Crippen MR) is 81.2 cm³/mol. The molecule has 1 unspecified atom stereocenters. The molecule has 4 nitrogen and oxygen atoms in total. The summed E-state index contributed by atoms with van der Waals surface area (Å²) in [5.41, 5.74) is 6.94. The average Bonchev–Trinajstić information content (AvgIpc) is 2.41. The lowest BCUT2D eigenvalue weighted by molar-refractivity contribution is 0.0905. The van der Waals surface area contributed by atoms with Gasteiger partial charge in [-0.3, -0.25) is 4.79 Å². The Hall–Kier alpha value is -1.07. The van der Waals surface area contributed by atoms with Crippen LogP contribution in [0.4, 0.5) is 5.69 Å². The first-order valence-electron chi connectivity index (χ1n) is 6.68. The van der Waals surface area contributed by atoms with Crippen molar-refractivity contribution in [3.05, 3.63) is 28.2 Å². The summed E-state index contributed by atoms with van der Waals surface area (Å²) in [5.74, 6) is -0.0536. The summed E-state index contributed by atoms with van der Waals surface area (Å²) in [6.45, 7) is 5.25. The zero-order valence-electron chi connectivity index (χ0n) is 11.2. The third-order valence-corrected chi connectivity index (χ3v) is 4.21. The molecule has 1 aromatic rings. The van der Waals surface area contributed by atoms with Gasteiger partial charge in [0, 0.05) is 22.7 Å². The van der Waals surface area contributed by atoms with Crippen LogP contribution in [0.2, 0.25) is 0 Å². The van der Waals surface area contributed by atoms with Gasteiger partial charge in [0.25, 0.3) is 5.91 Å². The van der Waals surface area contributed by atoms with Gasteiger partial charge in [-0.2, -0.15) is 0 Å². The molecule has 0 aliphatic carbocycles. The van der Waals surface area contributed by atoms with E-state index in [4.69, 9.17) is 5.73 Å². The van der Waals surface area contributed by atoms with Crippen LogP contribution in [0.3, 0.4) is 0 Å². The summed E-state index contributed by atoms with van der Waals surface area (Å²) in [5, 5.41) is 3.10. The van der Waals surface area contributed by atoms with Crippen LogP contribution in [-0.2, 0) is 0 Å². The number of carbonyl (C=O) groups is 1. The maximum absolute atomic E-state index is 12.3. The predicted octanol–water partition coefficient (Wildman–Crippen LogP) is 2.25. The van der Waals surface area contributed by atoms with Crippen molar-refractivity contribution in [2.24, 2.45) is 0 Å². The Bertz CT molecular complexity index is 464. The van der Waals surface area contributed by atoms with Crippen molar-refractivity contribution >= 4 is 27.5 Å². The lowest BCUT2D eigenvalue weighted by Crippen LogP contribution is -2.47. The molecule has 1 saturated heterocycles. The number of hydrogen-bond donors (Lipinski definition) is 2. The van der Waals surface area contributed by atoms with Gasteiger partial charge in [-0.15, -0.1) is 0 Å². The minimum atomic E-state index is -0.0536. The largest absolute Gasteiger partial charge is 0.399 e. The number of nitrogens with zero attached hydrogens (tertiary/aromatic N) is 1. The van der Waals surface area contributed by atoms with E-state index in [-0.39, 0.29) is 11.9 Å². The second-order valence-corrected chi connectivity index (χ2v) is 5.80. The topological polar surface area (TPSA) is 58.4 Å². The van der Waals surface area contributed by atoms with Crippen molar-refractivity contribution < 1.29 is 4.79 Å². The molecular formula is C14H20BrN3O. The van der Waals surface area contributed by atoms with Gasteiger partial charge in [0.15, 0.2) is 0 Å². The van der Waals surface area contributed by atoms with E-state index < -0.39 is 0 Å². The SMILES string of the molecule is CCN1CCCC(NC(=O)c2cc(N)ccc2Br)C1. The van der Waals surface area contributed by atoms with Crippen molar-refractivity contribution in [2.45, 2.75) is 25.8 Å². The number of likely N-dealkylation sites (tertiary alicyclic amines) is 1. The molecule has 2 rings (SSSR count). The van der Waals surface area contributed by atoms with E-state index >= 15 is 0 Å². The van der Waals surface area contributed by atoms with E-state index in [1.54, 1.807) is 12.1 Å². The molecule has 0 saturated carbocycles.